The number of hydrogen-bond donors (Lipinski definition) is 1. The number of benzene rings is 1. The predicted octanol–water partition coefficient (Wildman–Crippen LogP) is 5.53. The molecule has 0 saturated carbocycles. The largest absolute Gasteiger partial charge is 0.325 e. The molecule has 1 spiro atoms. The van der Waals surface area contributed by atoms with Crippen LogP contribution >= 0.6 is 0 Å². The summed E-state index contributed by atoms with van der Waals surface area (Å²) in [5, 5.41) is 3.15. The van der Waals surface area contributed by atoms with Crippen molar-refractivity contribution < 1.29 is 9.59 Å². The van der Waals surface area contributed by atoms with E-state index in [1.165, 1.54) is 36.1 Å². The maximum absolute atomic E-state index is 13.5. The zero-order valence-corrected chi connectivity index (χ0v) is 20.9. The molecule has 0 aromatic heterocycles. The third kappa shape index (κ3) is 5.36. The van der Waals surface area contributed by atoms with E-state index < -0.39 is 5.54 Å². The standard InChI is InChI=1S/C27H43N3O2/c1-6-7-8-9-10-14-18-29-23(31)27(28-24(29)32)20-25(2,3)30(26(4,5)21-27)19-17-22-15-12-11-13-16-22/h11-13,15-16H,6-10,14,17-21H2,1-5H3,(H,28,32). The van der Waals surface area contributed by atoms with E-state index in [9.17, 15) is 9.59 Å². The first kappa shape index (κ1) is 24.8. The quantitative estimate of drug-likeness (QED) is 0.383. The highest BCUT2D eigenvalue weighted by molar-refractivity contribution is 6.07. The Bertz CT molecular complexity index is 769. The number of nitrogens with one attached hydrogen (secondary N) is 1. The summed E-state index contributed by atoms with van der Waals surface area (Å²) in [6.07, 6.45) is 9.15. The molecule has 5 nitrogen and oxygen atoms in total. The molecule has 0 aliphatic carbocycles. The Balaban J connectivity index is 1.66. The SMILES string of the molecule is CCCCCCCCN1C(=O)NC2(CC(C)(C)N(CCc3ccccc3)C(C)(C)C2)C1=O. The Morgan fingerprint density at radius 2 is 1.44 bits per heavy atom. The second-order valence-corrected chi connectivity index (χ2v) is 11.1. The summed E-state index contributed by atoms with van der Waals surface area (Å²) in [4.78, 5) is 30.4. The summed E-state index contributed by atoms with van der Waals surface area (Å²) in [5.41, 5.74) is 0.149. The minimum absolute atomic E-state index is 0.0140. The highest BCUT2D eigenvalue weighted by Crippen LogP contribution is 2.46. The van der Waals surface area contributed by atoms with Crippen molar-refractivity contribution in [3.63, 3.8) is 0 Å². The monoisotopic (exact) mass is 441 g/mol. The lowest BCUT2D eigenvalue weighted by atomic mass is 9.68. The van der Waals surface area contributed by atoms with Crippen LogP contribution in [-0.4, -0.2) is 51.4 Å². The van der Waals surface area contributed by atoms with E-state index in [1.54, 1.807) is 0 Å². The van der Waals surface area contributed by atoms with Crippen molar-refractivity contribution in [1.82, 2.24) is 15.1 Å². The number of amides is 3. The van der Waals surface area contributed by atoms with Gasteiger partial charge in [0.15, 0.2) is 0 Å². The van der Waals surface area contributed by atoms with Gasteiger partial charge in [-0.1, -0.05) is 69.4 Å². The fourth-order valence-electron chi connectivity index (χ4n) is 6.21. The van der Waals surface area contributed by atoms with Crippen molar-refractivity contribution in [2.45, 2.75) is 109 Å². The Morgan fingerprint density at radius 3 is 2.06 bits per heavy atom. The molecule has 0 atom stereocenters. The van der Waals surface area contributed by atoms with Crippen LogP contribution in [0, 0.1) is 0 Å². The van der Waals surface area contributed by atoms with Crippen LogP contribution in [0.4, 0.5) is 4.79 Å². The molecule has 2 saturated heterocycles. The van der Waals surface area contributed by atoms with Crippen molar-refractivity contribution in [2.24, 2.45) is 0 Å². The number of hydrogen-bond acceptors (Lipinski definition) is 3. The van der Waals surface area contributed by atoms with Crippen LogP contribution in [0.5, 0.6) is 0 Å². The van der Waals surface area contributed by atoms with E-state index in [4.69, 9.17) is 0 Å². The van der Waals surface area contributed by atoms with Crippen LogP contribution in [0.15, 0.2) is 30.3 Å². The molecule has 1 aromatic carbocycles. The fourth-order valence-corrected chi connectivity index (χ4v) is 6.21. The van der Waals surface area contributed by atoms with E-state index >= 15 is 0 Å². The number of unbranched alkanes of at least 4 members (excludes halogenated alkanes) is 5. The van der Waals surface area contributed by atoms with Gasteiger partial charge in [-0.05, 0) is 58.9 Å². The van der Waals surface area contributed by atoms with Gasteiger partial charge in [-0.15, -0.1) is 0 Å². The minimum atomic E-state index is -0.782. The molecule has 3 amide bonds. The maximum atomic E-state index is 13.5. The molecule has 1 aromatic rings. The Morgan fingerprint density at radius 1 is 0.844 bits per heavy atom. The number of imide groups is 1. The van der Waals surface area contributed by atoms with Gasteiger partial charge in [0.25, 0.3) is 5.91 Å². The lowest BCUT2D eigenvalue weighted by molar-refractivity contribution is -0.140. The molecular weight excluding hydrogens is 398 g/mol. The van der Waals surface area contributed by atoms with E-state index in [1.807, 2.05) is 6.07 Å². The molecule has 32 heavy (non-hydrogen) atoms. The molecule has 2 aliphatic heterocycles. The van der Waals surface area contributed by atoms with Crippen LogP contribution in [0.1, 0.15) is 91.5 Å². The molecule has 0 radical (unpaired) electrons. The molecule has 5 heteroatoms. The van der Waals surface area contributed by atoms with Gasteiger partial charge in [0.05, 0.1) is 0 Å². The van der Waals surface area contributed by atoms with Gasteiger partial charge < -0.3 is 5.32 Å². The number of urea groups is 1. The molecule has 178 valence electrons. The van der Waals surface area contributed by atoms with Crippen molar-refractivity contribution >= 4 is 11.9 Å². The van der Waals surface area contributed by atoms with Crippen LogP contribution in [0.25, 0.3) is 0 Å². The maximum Gasteiger partial charge on any atom is 0.325 e. The van der Waals surface area contributed by atoms with Gasteiger partial charge in [-0.2, -0.15) is 0 Å². The zero-order valence-electron chi connectivity index (χ0n) is 20.9. The van der Waals surface area contributed by atoms with E-state index in [0.29, 0.717) is 19.4 Å². The number of carbonyl (C=O) groups excluding carboxylic acids is 2. The van der Waals surface area contributed by atoms with E-state index in [-0.39, 0.29) is 23.0 Å². The van der Waals surface area contributed by atoms with Gasteiger partial charge >= 0.3 is 6.03 Å². The molecule has 2 heterocycles. The molecular formula is C27H43N3O2. The average Bonchev–Trinajstić information content (AvgIpc) is 2.92. The summed E-state index contributed by atoms with van der Waals surface area (Å²) in [6.45, 7) is 12.6. The lowest BCUT2D eigenvalue weighted by Crippen LogP contribution is -2.69. The molecule has 1 N–H and O–H groups in total. The molecule has 0 bridgehead atoms. The second-order valence-electron chi connectivity index (χ2n) is 11.1. The van der Waals surface area contributed by atoms with Crippen LogP contribution < -0.4 is 5.32 Å². The number of carbonyl (C=O) groups is 2. The van der Waals surface area contributed by atoms with E-state index in [2.05, 4.69) is 69.1 Å². The first-order chi connectivity index (χ1) is 15.1. The van der Waals surface area contributed by atoms with Gasteiger partial charge in [0.1, 0.15) is 5.54 Å². The molecule has 3 rings (SSSR count). The first-order valence-electron chi connectivity index (χ1n) is 12.6. The Labute approximate surface area is 194 Å². The summed E-state index contributed by atoms with van der Waals surface area (Å²) in [7, 11) is 0. The fraction of sp³-hybridized carbons (Fsp3) is 0.704. The first-order valence-corrected chi connectivity index (χ1v) is 12.6. The zero-order chi connectivity index (χ0) is 23.4. The predicted molar refractivity (Wildman–Crippen MR) is 131 cm³/mol. The average molecular weight is 442 g/mol. The van der Waals surface area contributed by atoms with Crippen molar-refractivity contribution in [2.75, 3.05) is 13.1 Å². The minimum Gasteiger partial charge on any atom is -0.323 e. The topological polar surface area (TPSA) is 52.7 Å². The highest BCUT2D eigenvalue weighted by atomic mass is 16.2. The Kier molecular flexibility index (Phi) is 7.69. The van der Waals surface area contributed by atoms with Crippen LogP contribution in [0.2, 0.25) is 0 Å². The van der Waals surface area contributed by atoms with Gasteiger partial charge in [-0.3, -0.25) is 14.6 Å². The lowest BCUT2D eigenvalue weighted by Gasteiger charge is -2.57. The van der Waals surface area contributed by atoms with Gasteiger partial charge in [-0.25, -0.2) is 4.79 Å². The Hall–Kier alpha value is -1.88. The molecule has 2 aliphatic rings. The summed E-state index contributed by atoms with van der Waals surface area (Å²) < 4.78 is 0. The van der Waals surface area contributed by atoms with Crippen molar-refractivity contribution in [1.29, 1.82) is 0 Å². The van der Waals surface area contributed by atoms with Crippen molar-refractivity contribution in [3.05, 3.63) is 35.9 Å². The van der Waals surface area contributed by atoms with Gasteiger partial charge in [0, 0.05) is 24.2 Å². The summed E-state index contributed by atoms with van der Waals surface area (Å²) in [5.74, 6) is -0.0140. The summed E-state index contributed by atoms with van der Waals surface area (Å²) in [6, 6.07) is 10.4. The molecule has 2 fully saturated rings. The van der Waals surface area contributed by atoms with Gasteiger partial charge in [0.2, 0.25) is 0 Å². The number of rotatable bonds is 10. The number of likely N-dealkylation sites (tertiary alicyclic amines) is 1. The molecule has 0 unspecified atom stereocenters. The third-order valence-electron chi connectivity index (χ3n) is 7.38. The number of piperidine rings is 1. The number of nitrogens with zero attached hydrogens (tertiary/aromatic N) is 2. The normalized spacial score (nSPS) is 21.8. The van der Waals surface area contributed by atoms with Crippen LogP contribution in [0.3, 0.4) is 0 Å². The third-order valence-corrected chi connectivity index (χ3v) is 7.38. The van der Waals surface area contributed by atoms with Crippen LogP contribution in [-0.2, 0) is 11.2 Å². The second kappa shape index (κ2) is 9.94. The van der Waals surface area contributed by atoms with Crippen molar-refractivity contribution in [3.8, 4) is 0 Å². The highest BCUT2D eigenvalue weighted by Gasteiger charge is 2.60. The van der Waals surface area contributed by atoms with E-state index in [0.717, 1.165) is 25.8 Å². The smallest absolute Gasteiger partial charge is 0.323 e. The summed E-state index contributed by atoms with van der Waals surface area (Å²) >= 11 is 0.